The summed E-state index contributed by atoms with van der Waals surface area (Å²) in [6.45, 7) is 20.2. The predicted molar refractivity (Wildman–Crippen MR) is 527 cm³/mol. The molecular formula is C114H159O16P. The Morgan fingerprint density at radius 1 is 0.321 bits per heavy atom. The molecule has 9 rings (SSSR count). The summed E-state index contributed by atoms with van der Waals surface area (Å²) in [4.78, 5) is 39.7. The SMILES string of the molecule is CCCCOC(=O)CCCCCCC1=C(OP(=O)(OC2=C(CCCCCCC(=O)OCCCC)[C@@](/C=C/[C@@H](O)C[C@@H](C)CCCC)(c3ccccc3)[C@](O)(c3ccccc3)C2)OC2=C(CCCCCCC(=O)OCCCC)[C@@](/C=C/[C@@H](O)C[C@@H](C)CCCC)(c3ccccc3)[C@](O)(c3ccccc3)C2)C[C@@](O)(c2ccccc2)[C@]1(/C=C/[C@@H](O)C[C@@H](C)CCCC)c1ccccc1. The maximum atomic E-state index is 19.2. The van der Waals surface area contributed by atoms with Crippen LogP contribution in [0.5, 0.6) is 0 Å². The number of carbonyl (C=O) groups excluding carboxylic acids is 3. The maximum absolute atomic E-state index is 19.2. The summed E-state index contributed by atoms with van der Waals surface area (Å²) in [6.07, 6.45) is 30.4. The minimum atomic E-state index is -5.67. The van der Waals surface area contributed by atoms with Gasteiger partial charge in [0.2, 0.25) is 0 Å². The Bertz CT molecular complexity index is 4150. The van der Waals surface area contributed by atoms with Crippen LogP contribution in [0.4, 0.5) is 0 Å². The van der Waals surface area contributed by atoms with Gasteiger partial charge in [-0.25, -0.2) is 0 Å². The summed E-state index contributed by atoms with van der Waals surface area (Å²) >= 11 is 0. The number of phosphoric ester groups is 1. The molecule has 0 amide bonds. The van der Waals surface area contributed by atoms with E-state index in [-0.39, 0.29) is 111 Å². The van der Waals surface area contributed by atoms with E-state index in [1.807, 2.05) is 200 Å². The third-order valence-electron chi connectivity index (χ3n) is 27.5. The van der Waals surface area contributed by atoms with E-state index in [4.69, 9.17) is 27.8 Å². The molecule has 0 radical (unpaired) electrons. The van der Waals surface area contributed by atoms with Gasteiger partial charge in [0.15, 0.2) is 0 Å². The zero-order chi connectivity index (χ0) is 94.0. The fourth-order valence-electron chi connectivity index (χ4n) is 20.3. The van der Waals surface area contributed by atoms with E-state index in [0.29, 0.717) is 166 Å². The van der Waals surface area contributed by atoms with Gasteiger partial charge in [-0.15, -0.1) is 0 Å². The summed E-state index contributed by atoms with van der Waals surface area (Å²) < 4.78 is 59.9. The van der Waals surface area contributed by atoms with Gasteiger partial charge in [0, 0.05) is 38.5 Å². The Kier molecular flexibility index (Phi) is 44.0. The highest BCUT2D eigenvalue weighted by Crippen LogP contribution is 2.70. The lowest BCUT2D eigenvalue weighted by Gasteiger charge is -2.43. The normalized spacial score (nSPS) is 22.0. The van der Waals surface area contributed by atoms with Crippen molar-refractivity contribution in [3.8, 4) is 0 Å². The van der Waals surface area contributed by atoms with Crippen LogP contribution in [0.25, 0.3) is 0 Å². The first-order valence-electron chi connectivity index (χ1n) is 50.4. The van der Waals surface area contributed by atoms with Gasteiger partial charge in [-0.3, -0.25) is 14.4 Å². The molecule has 0 unspecified atom stereocenters. The van der Waals surface area contributed by atoms with E-state index in [9.17, 15) is 29.7 Å². The summed E-state index contributed by atoms with van der Waals surface area (Å²) in [5.74, 6) is -0.0992. The number of aliphatic hydroxyl groups is 6. The molecule has 0 bridgehead atoms. The number of carbonyl (C=O) groups is 3. The number of ether oxygens (including phenoxy) is 3. The maximum Gasteiger partial charge on any atom is 0.646 e. The van der Waals surface area contributed by atoms with E-state index in [2.05, 4.69) is 62.3 Å². The molecule has 6 aromatic rings. The van der Waals surface area contributed by atoms with Crippen molar-refractivity contribution >= 4 is 25.7 Å². The molecule has 16 nitrogen and oxygen atoms in total. The van der Waals surface area contributed by atoms with Gasteiger partial charge in [0.05, 0.1) is 54.4 Å². The van der Waals surface area contributed by atoms with Gasteiger partial charge in [0.25, 0.3) is 0 Å². The van der Waals surface area contributed by atoms with Crippen LogP contribution in [0, 0.1) is 17.8 Å². The van der Waals surface area contributed by atoms with Crippen molar-refractivity contribution < 1.29 is 77.4 Å². The number of hydrogen-bond donors (Lipinski definition) is 6. The molecule has 0 saturated heterocycles. The van der Waals surface area contributed by atoms with E-state index in [1.165, 1.54) is 0 Å². The van der Waals surface area contributed by atoms with Crippen LogP contribution in [0.15, 0.2) is 252 Å². The van der Waals surface area contributed by atoms with Crippen molar-refractivity contribution in [3.63, 3.8) is 0 Å². The Hall–Kier alpha value is -8.44. The van der Waals surface area contributed by atoms with Crippen molar-refractivity contribution in [3.05, 3.63) is 286 Å². The Labute approximate surface area is 786 Å². The topological polar surface area (TPSA) is 245 Å². The highest BCUT2D eigenvalue weighted by Gasteiger charge is 2.65. The molecule has 0 aromatic heterocycles. The number of rotatable bonds is 63. The summed E-state index contributed by atoms with van der Waals surface area (Å²) in [6, 6.07) is 57.5. The lowest BCUT2D eigenvalue weighted by atomic mass is 9.62. The zero-order valence-electron chi connectivity index (χ0n) is 80.7. The molecule has 0 saturated carbocycles. The smallest absolute Gasteiger partial charge is 0.466 e. The first kappa shape index (κ1) is 106. The molecule has 6 N–H and O–H groups in total. The van der Waals surface area contributed by atoms with Gasteiger partial charge < -0.3 is 58.4 Å². The molecule has 12 atom stereocenters. The van der Waals surface area contributed by atoms with Crippen molar-refractivity contribution in [2.75, 3.05) is 19.8 Å². The predicted octanol–water partition coefficient (Wildman–Crippen LogP) is 27.0. The quantitative estimate of drug-likeness (QED) is 0.00683. The minimum absolute atomic E-state index is 0.0842. The Morgan fingerprint density at radius 2 is 0.542 bits per heavy atom. The van der Waals surface area contributed by atoms with Crippen molar-refractivity contribution in [1.82, 2.24) is 0 Å². The van der Waals surface area contributed by atoms with Crippen LogP contribution in [0.2, 0.25) is 0 Å². The molecule has 0 heterocycles. The van der Waals surface area contributed by atoms with E-state index >= 15 is 19.9 Å². The Morgan fingerprint density at radius 3 is 0.771 bits per heavy atom. The molecule has 3 aliphatic rings. The number of benzene rings is 6. The summed E-state index contributed by atoms with van der Waals surface area (Å²) in [5.41, 5.74) is -5.81. The fraction of sp³-hybridized carbons (Fsp3) is 0.553. The molecule has 17 heteroatoms. The van der Waals surface area contributed by atoms with Crippen LogP contribution in [-0.4, -0.2) is 86.7 Å². The first-order valence-corrected chi connectivity index (χ1v) is 51.8. The summed E-state index contributed by atoms with van der Waals surface area (Å²) in [7, 11) is -5.67. The number of unbranched alkanes of at least 4 members (excludes halogenated alkanes) is 15. The molecular weight excluding hydrogens is 1660 g/mol. The molecule has 0 spiro atoms. The first-order chi connectivity index (χ1) is 63.4. The second-order valence-electron chi connectivity index (χ2n) is 37.9. The van der Waals surface area contributed by atoms with Crippen LogP contribution in [-0.2, 0) is 79.8 Å². The molecule has 3 aliphatic carbocycles. The number of hydrogen-bond acceptors (Lipinski definition) is 16. The standard InChI is InChI=1S/C114H159O16P/c1-10-16-52-88(7)82-97(115)73-76-109(91-55-34-28-35-56-91)100(67-46-22-25-49-70-106(118)125-79-19-13-4)103(85-112(109,121)94-61-40-31-41-62-94)128-131(124,129-104-86-113(122,95-63-42-32-43-64-95)110(92-57-36-29-37-58-92,77-74-98(116)83-89(8)53-17-11-2)101(104)68-47-23-26-50-71-107(119)126-80-20-14-5)130-105-87-114(123,96-65-44-33-45-66-96)111(93-59-38-30-39-60-93,78-75-99(117)84-90(9)54-18-12-3)102(105)69-48-24-27-51-72-108(120)127-81-21-15-6/h28-45,55-66,73-78,88-90,97-99,115-117,121-123H,10-27,46-54,67-72,79-87H2,1-9H3/b76-73+,77-74+,78-75+/t88-,89-,90-,97+,98+,99+,109+,110+,111+,112+,113+,114+/m0/s1. The average molecular weight is 1820 g/mol. The van der Waals surface area contributed by atoms with Crippen LogP contribution >= 0.6 is 7.82 Å². The van der Waals surface area contributed by atoms with Gasteiger partial charge >= 0.3 is 25.7 Å². The minimum Gasteiger partial charge on any atom is -0.466 e. The lowest BCUT2D eigenvalue weighted by Crippen LogP contribution is -2.46. The third kappa shape index (κ3) is 28.6. The molecule has 131 heavy (non-hydrogen) atoms. The number of phosphoric acid groups is 1. The highest BCUT2D eigenvalue weighted by molar-refractivity contribution is 7.48. The molecule has 6 aromatic carbocycles. The van der Waals surface area contributed by atoms with Gasteiger partial charge in [-0.1, -0.05) is 396 Å². The monoisotopic (exact) mass is 1820 g/mol. The number of aliphatic hydroxyl groups excluding tert-OH is 3. The second kappa shape index (κ2) is 54.2. The molecule has 0 aliphatic heterocycles. The van der Waals surface area contributed by atoms with Crippen molar-refractivity contribution in [2.45, 2.75) is 364 Å². The van der Waals surface area contributed by atoms with Crippen LogP contribution in [0.3, 0.4) is 0 Å². The van der Waals surface area contributed by atoms with Crippen LogP contribution < -0.4 is 0 Å². The zero-order valence-corrected chi connectivity index (χ0v) is 81.6. The van der Waals surface area contributed by atoms with E-state index < -0.39 is 59.2 Å². The highest BCUT2D eigenvalue weighted by atomic mass is 31.2. The van der Waals surface area contributed by atoms with Gasteiger partial charge in [-0.2, -0.15) is 4.57 Å². The lowest BCUT2D eigenvalue weighted by molar-refractivity contribution is -0.144. The van der Waals surface area contributed by atoms with E-state index in [0.717, 1.165) is 96.3 Å². The van der Waals surface area contributed by atoms with Gasteiger partial charge in [-0.05, 0) is 164 Å². The second-order valence-corrected chi connectivity index (χ2v) is 39.3. The van der Waals surface area contributed by atoms with Crippen molar-refractivity contribution in [1.29, 1.82) is 0 Å². The largest absolute Gasteiger partial charge is 0.646 e. The summed E-state index contributed by atoms with van der Waals surface area (Å²) in [5, 5.41) is 83.1. The Balaban J connectivity index is 1.41. The third-order valence-corrected chi connectivity index (χ3v) is 28.8. The van der Waals surface area contributed by atoms with Gasteiger partial charge in [0.1, 0.15) is 34.1 Å². The van der Waals surface area contributed by atoms with E-state index in [1.54, 1.807) is 18.2 Å². The molecule has 0 fully saturated rings. The fourth-order valence-corrected chi connectivity index (χ4v) is 21.7. The van der Waals surface area contributed by atoms with Crippen LogP contribution in [0.1, 0.15) is 346 Å². The van der Waals surface area contributed by atoms with Crippen molar-refractivity contribution in [2.24, 2.45) is 17.8 Å². The number of esters is 3. The average Bonchev–Trinajstić information content (AvgIpc) is 1.55. The molecule has 716 valence electrons.